The van der Waals surface area contributed by atoms with Crippen LogP contribution in [0.4, 0.5) is 0 Å². The summed E-state index contributed by atoms with van der Waals surface area (Å²) in [5.74, 6) is 5.18. The van der Waals surface area contributed by atoms with Crippen molar-refractivity contribution in [3.63, 3.8) is 0 Å². The highest BCUT2D eigenvalue weighted by atomic mass is 16.5. The van der Waals surface area contributed by atoms with Crippen LogP contribution in [0, 0.1) is 12.8 Å². The highest BCUT2D eigenvalue weighted by Crippen LogP contribution is 2.46. The van der Waals surface area contributed by atoms with Crippen molar-refractivity contribution in [2.45, 2.75) is 129 Å². The highest BCUT2D eigenvalue weighted by Gasteiger charge is 2.26. The fourth-order valence-corrected chi connectivity index (χ4v) is 7.29. The van der Waals surface area contributed by atoms with Crippen molar-refractivity contribution in [1.29, 1.82) is 0 Å². The van der Waals surface area contributed by atoms with Gasteiger partial charge in [-0.05, 0) is 104 Å². The quantitative estimate of drug-likeness (QED) is 0.279. The van der Waals surface area contributed by atoms with Crippen LogP contribution < -0.4 is 9.47 Å². The third-order valence-electron chi connectivity index (χ3n) is 9.66. The second-order valence-electron chi connectivity index (χ2n) is 12.7. The van der Waals surface area contributed by atoms with E-state index in [2.05, 4.69) is 37.3 Å². The second kappa shape index (κ2) is 14.5. The van der Waals surface area contributed by atoms with Crippen molar-refractivity contribution in [3.8, 4) is 11.5 Å². The Balaban J connectivity index is 1.32. The summed E-state index contributed by atoms with van der Waals surface area (Å²) in [5.41, 5.74) is 7.05. The number of methoxy groups -OCH3 is 1. The first-order valence-electron chi connectivity index (χ1n) is 16.5. The van der Waals surface area contributed by atoms with Crippen molar-refractivity contribution in [2.75, 3.05) is 13.7 Å². The molecule has 1 fully saturated rings. The topological polar surface area (TPSA) is 31.6 Å². The Morgan fingerprint density at radius 3 is 2.33 bits per heavy atom. The Morgan fingerprint density at radius 2 is 1.57 bits per heavy atom. The Kier molecular flexibility index (Phi) is 10.5. The minimum absolute atomic E-state index is 0.397. The van der Waals surface area contributed by atoms with Gasteiger partial charge in [0.05, 0.1) is 13.7 Å². The van der Waals surface area contributed by atoms with E-state index in [1.807, 2.05) is 6.92 Å². The van der Waals surface area contributed by atoms with Gasteiger partial charge in [0.1, 0.15) is 11.5 Å². The molecule has 5 rings (SSSR count). The number of hydrogen-bond donors (Lipinski definition) is 0. The normalized spacial score (nSPS) is 23.6. The van der Waals surface area contributed by atoms with Gasteiger partial charge in [-0.25, -0.2) is 0 Å². The van der Waals surface area contributed by atoms with E-state index in [1.54, 1.807) is 7.11 Å². The fourth-order valence-electron chi connectivity index (χ4n) is 7.29. The average Bonchev–Trinajstić information content (AvgIpc) is 3.39. The standard InChI is InChI=1S/C37H52O3/c1-27-20-22-32(35-23-21-28(2)40-35)30-18-12-4-5-13-19-31(30)34-26-36(38-3)37(25-33(27)34)39-24-14-7-6-9-15-29-16-10-8-11-17-29/h21-23,25-27,29H,4-20,24H2,1-3H3/b31-30-,32-22-. The smallest absolute Gasteiger partial charge is 0.161 e. The van der Waals surface area contributed by atoms with E-state index in [4.69, 9.17) is 13.9 Å². The van der Waals surface area contributed by atoms with Gasteiger partial charge < -0.3 is 13.9 Å². The van der Waals surface area contributed by atoms with Crippen molar-refractivity contribution in [3.05, 3.63) is 58.6 Å². The molecule has 1 aromatic heterocycles. The molecule has 3 aliphatic carbocycles. The number of furan rings is 1. The van der Waals surface area contributed by atoms with Crippen LogP contribution in [-0.2, 0) is 0 Å². The Bertz CT molecular complexity index is 1160. The lowest BCUT2D eigenvalue weighted by Gasteiger charge is -2.28. The molecular formula is C37H52O3. The van der Waals surface area contributed by atoms with Crippen molar-refractivity contribution in [2.24, 2.45) is 5.92 Å². The van der Waals surface area contributed by atoms with Gasteiger partial charge in [0.25, 0.3) is 0 Å². The van der Waals surface area contributed by atoms with Gasteiger partial charge >= 0.3 is 0 Å². The summed E-state index contributed by atoms with van der Waals surface area (Å²) in [4.78, 5) is 0. The summed E-state index contributed by atoms with van der Waals surface area (Å²) < 4.78 is 18.6. The maximum absolute atomic E-state index is 6.41. The first kappa shape index (κ1) is 29.1. The first-order valence-corrected chi connectivity index (χ1v) is 16.5. The maximum Gasteiger partial charge on any atom is 0.161 e. The van der Waals surface area contributed by atoms with Crippen molar-refractivity contribution in [1.82, 2.24) is 0 Å². The minimum atomic E-state index is 0.397. The Hall–Kier alpha value is -2.42. The van der Waals surface area contributed by atoms with E-state index in [9.17, 15) is 0 Å². The van der Waals surface area contributed by atoms with E-state index in [1.165, 1.54) is 111 Å². The summed E-state index contributed by atoms with van der Waals surface area (Å²) in [5, 5.41) is 0. The minimum Gasteiger partial charge on any atom is -0.493 e. The number of rotatable bonds is 10. The molecule has 0 N–H and O–H groups in total. The number of aryl methyl sites for hydroxylation is 1. The van der Waals surface area contributed by atoms with E-state index in [0.29, 0.717) is 5.92 Å². The van der Waals surface area contributed by atoms with Crippen LogP contribution in [0.15, 0.2) is 40.3 Å². The number of hydrogen-bond acceptors (Lipinski definition) is 3. The van der Waals surface area contributed by atoms with Crippen molar-refractivity contribution >= 4 is 11.1 Å². The zero-order valence-corrected chi connectivity index (χ0v) is 25.5. The molecule has 1 atom stereocenters. The zero-order chi connectivity index (χ0) is 27.7. The lowest BCUT2D eigenvalue weighted by Crippen LogP contribution is -2.09. The van der Waals surface area contributed by atoms with E-state index in [-0.39, 0.29) is 0 Å². The average molecular weight is 545 g/mol. The summed E-state index contributed by atoms with van der Waals surface area (Å²) in [7, 11) is 1.79. The molecule has 1 saturated carbocycles. The van der Waals surface area contributed by atoms with Gasteiger partial charge in [-0.15, -0.1) is 0 Å². The molecule has 0 bridgehead atoms. The van der Waals surface area contributed by atoms with Crippen LogP contribution in [-0.4, -0.2) is 13.7 Å². The van der Waals surface area contributed by atoms with Crippen LogP contribution in [0.2, 0.25) is 0 Å². The van der Waals surface area contributed by atoms with Gasteiger partial charge in [-0.1, -0.05) is 83.6 Å². The van der Waals surface area contributed by atoms with E-state index < -0.39 is 0 Å². The summed E-state index contributed by atoms with van der Waals surface area (Å²) in [6.45, 7) is 5.17. The molecule has 218 valence electrons. The van der Waals surface area contributed by atoms with Gasteiger partial charge in [0, 0.05) is 5.57 Å². The molecule has 0 spiro atoms. The number of benzene rings is 1. The predicted octanol–water partition coefficient (Wildman–Crippen LogP) is 11.2. The molecule has 3 nitrogen and oxygen atoms in total. The molecule has 2 aromatic rings. The second-order valence-corrected chi connectivity index (χ2v) is 12.7. The van der Waals surface area contributed by atoms with Gasteiger partial charge in [-0.3, -0.25) is 0 Å². The SMILES string of the molecule is COc1cc2c(cc1OCCCCCCC1CCCCC1)C(C)C/C=C(c1ccc(C)o1)/C1=C\2CCCCCC1. The monoisotopic (exact) mass is 544 g/mol. The number of unbranched alkanes of at least 4 members (excludes halogenated alkanes) is 3. The molecule has 0 amide bonds. The van der Waals surface area contributed by atoms with E-state index >= 15 is 0 Å². The molecule has 1 heterocycles. The fraction of sp³-hybridized carbons (Fsp3) is 0.622. The van der Waals surface area contributed by atoms with Crippen LogP contribution in [0.5, 0.6) is 11.5 Å². The molecule has 3 heteroatoms. The molecule has 40 heavy (non-hydrogen) atoms. The summed E-state index contributed by atoms with van der Waals surface area (Å²) in [6.07, 6.45) is 24.6. The molecule has 1 aromatic carbocycles. The number of allylic oxidation sites excluding steroid dienone is 4. The molecule has 0 saturated heterocycles. The molecule has 0 aliphatic heterocycles. The molecule has 3 aliphatic rings. The Labute approximate surface area is 243 Å². The van der Waals surface area contributed by atoms with E-state index in [0.717, 1.165) is 61.2 Å². The molecule has 1 unspecified atom stereocenters. The van der Waals surface area contributed by atoms with Crippen LogP contribution in [0.1, 0.15) is 145 Å². The van der Waals surface area contributed by atoms with Crippen molar-refractivity contribution < 1.29 is 13.9 Å². The highest BCUT2D eigenvalue weighted by molar-refractivity contribution is 5.90. The van der Waals surface area contributed by atoms with Gasteiger partial charge in [0.2, 0.25) is 0 Å². The largest absolute Gasteiger partial charge is 0.493 e. The third-order valence-corrected chi connectivity index (χ3v) is 9.66. The third kappa shape index (κ3) is 7.25. The van der Waals surface area contributed by atoms with Crippen LogP contribution >= 0.6 is 0 Å². The first-order chi connectivity index (χ1) is 19.6. The molecule has 0 radical (unpaired) electrons. The predicted molar refractivity (Wildman–Crippen MR) is 167 cm³/mol. The lowest BCUT2D eigenvalue weighted by molar-refractivity contribution is 0.281. The van der Waals surface area contributed by atoms with Gasteiger partial charge in [0.15, 0.2) is 11.5 Å². The summed E-state index contributed by atoms with van der Waals surface area (Å²) in [6, 6.07) is 8.85. The number of ether oxygens (including phenoxy) is 2. The zero-order valence-electron chi connectivity index (χ0n) is 25.5. The Morgan fingerprint density at radius 1 is 0.825 bits per heavy atom. The molecular weight excluding hydrogens is 492 g/mol. The van der Waals surface area contributed by atoms with Crippen LogP contribution in [0.3, 0.4) is 0 Å². The lowest BCUT2D eigenvalue weighted by atomic mass is 9.78. The number of fused-ring (bicyclic) bond motifs is 2. The maximum atomic E-state index is 6.41. The summed E-state index contributed by atoms with van der Waals surface area (Å²) >= 11 is 0. The van der Waals surface area contributed by atoms with Gasteiger partial charge in [-0.2, -0.15) is 0 Å². The van der Waals surface area contributed by atoms with Crippen LogP contribution in [0.25, 0.3) is 11.1 Å².